The first-order valence-electron chi connectivity index (χ1n) is 7.61. The zero-order valence-corrected chi connectivity index (χ0v) is 15.2. The maximum atomic E-state index is 11.9. The second-order valence-corrected chi connectivity index (χ2v) is 5.55. The Labute approximate surface area is 160 Å². The van der Waals surface area contributed by atoms with Gasteiger partial charge in [0.2, 0.25) is 0 Å². The van der Waals surface area contributed by atoms with Crippen molar-refractivity contribution in [1.29, 1.82) is 0 Å². The highest BCUT2D eigenvalue weighted by atomic mass is 35.5. The molecule has 2 N–H and O–H groups in total. The number of hydrogen-bond donors (Lipinski definition) is 2. The SMILES string of the molecule is COC(=O)c1ccc(C=NNC(=O)C(=O)Nc2cc(Cl)ccc2OC)cc1. The highest BCUT2D eigenvalue weighted by Gasteiger charge is 2.15. The summed E-state index contributed by atoms with van der Waals surface area (Å²) in [6.45, 7) is 0. The number of hydrazone groups is 1. The van der Waals surface area contributed by atoms with E-state index in [1.165, 1.54) is 26.5 Å². The molecule has 0 unspecified atom stereocenters. The first-order chi connectivity index (χ1) is 12.9. The minimum absolute atomic E-state index is 0.257. The molecule has 0 fully saturated rings. The van der Waals surface area contributed by atoms with Gasteiger partial charge in [0.1, 0.15) is 5.75 Å². The number of methoxy groups -OCH3 is 2. The summed E-state index contributed by atoms with van der Waals surface area (Å²) in [6.07, 6.45) is 1.33. The number of halogens is 1. The average Bonchev–Trinajstić information content (AvgIpc) is 2.68. The van der Waals surface area contributed by atoms with Gasteiger partial charge in [-0.05, 0) is 35.9 Å². The molecule has 0 radical (unpaired) electrons. The van der Waals surface area contributed by atoms with Crippen molar-refractivity contribution < 1.29 is 23.9 Å². The molecule has 0 heterocycles. The Bertz CT molecular complexity index is 881. The quantitative estimate of drug-likeness (QED) is 0.353. The van der Waals surface area contributed by atoms with Gasteiger partial charge in [-0.3, -0.25) is 9.59 Å². The molecule has 2 amide bonds. The van der Waals surface area contributed by atoms with Crippen LogP contribution in [0.4, 0.5) is 5.69 Å². The fourth-order valence-corrected chi connectivity index (χ4v) is 2.17. The molecular weight excluding hydrogens is 374 g/mol. The molecule has 140 valence electrons. The number of rotatable bonds is 5. The zero-order valence-electron chi connectivity index (χ0n) is 14.5. The third kappa shape index (κ3) is 5.55. The van der Waals surface area contributed by atoms with Gasteiger partial charge < -0.3 is 14.8 Å². The van der Waals surface area contributed by atoms with Gasteiger partial charge in [0.25, 0.3) is 0 Å². The fourth-order valence-electron chi connectivity index (χ4n) is 2.00. The molecule has 0 bridgehead atoms. The van der Waals surface area contributed by atoms with E-state index >= 15 is 0 Å². The van der Waals surface area contributed by atoms with E-state index in [0.717, 1.165) is 0 Å². The highest BCUT2D eigenvalue weighted by molar-refractivity contribution is 6.40. The standard InChI is InChI=1S/C18H16ClN3O5/c1-26-15-8-7-13(19)9-14(15)21-16(23)17(24)22-20-10-11-3-5-12(6-4-11)18(25)27-2/h3-10H,1-2H3,(H,21,23)(H,22,24). The number of nitrogens with one attached hydrogen (secondary N) is 2. The van der Waals surface area contributed by atoms with Gasteiger partial charge in [0.15, 0.2) is 0 Å². The van der Waals surface area contributed by atoms with Crippen LogP contribution >= 0.6 is 11.6 Å². The third-order valence-electron chi connectivity index (χ3n) is 3.33. The van der Waals surface area contributed by atoms with Crippen LogP contribution in [0, 0.1) is 0 Å². The molecule has 8 nitrogen and oxygen atoms in total. The molecule has 0 aliphatic rings. The fraction of sp³-hybridized carbons (Fsp3) is 0.111. The number of hydrogen-bond acceptors (Lipinski definition) is 6. The van der Waals surface area contributed by atoms with Crippen molar-refractivity contribution >= 4 is 41.3 Å². The van der Waals surface area contributed by atoms with Gasteiger partial charge in [0, 0.05) is 5.02 Å². The number of nitrogens with zero attached hydrogens (tertiary/aromatic N) is 1. The lowest BCUT2D eigenvalue weighted by atomic mass is 10.1. The maximum Gasteiger partial charge on any atom is 0.337 e. The number of anilines is 1. The molecule has 2 aromatic carbocycles. The van der Waals surface area contributed by atoms with E-state index in [2.05, 4.69) is 20.6 Å². The number of esters is 1. The summed E-state index contributed by atoms with van der Waals surface area (Å²) in [5, 5.41) is 6.47. The predicted octanol–water partition coefficient (Wildman–Crippen LogP) is 2.22. The first kappa shape index (κ1) is 19.9. The number of carbonyl (C=O) groups excluding carboxylic acids is 3. The molecule has 27 heavy (non-hydrogen) atoms. The summed E-state index contributed by atoms with van der Waals surface area (Å²) in [5.41, 5.74) is 3.36. The van der Waals surface area contributed by atoms with Crippen LogP contribution in [0.5, 0.6) is 5.75 Å². The molecule has 2 rings (SSSR count). The molecule has 0 saturated heterocycles. The van der Waals surface area contributed by atoms with Crippen molar-refractivity contribution in [1.82, 2.24) is 5.43 Å². The van der Waals surface area contributed by atoms with Crippen LogP contribution in [0.15, 0.2) is 47.6 Å². The van der Waals surface area contributed by atoms with Crippen LogP contribution in [-0.2, 0) is 14.3 Å². The van der Waals surface area contributed by atoms with Crippen molar-refractivity contribution in [3.63, 3.8) is 0 Å². The Morgan fingerprint density at radius 2 is 1.74 bits per heavy atom. The Balaban J connectivity index is 1.95. The lowest BCUT2D eigenvalue weighted by Crippen LogP contribution is -2.32. The monoisotopic (exact) mass is 389 g/mol. The van der Waals surface area contributed by atoms with Crippen LogP contribution in [0.3, 0.4) is 0 Å². The van der Waals surface area contributed by atoms with E-state index in [9.17, 15) is 14.4 Å². The average molecular weight is 390 g/mol. The van der Waals surface area contributed by atoms with Crippen molar-refractivity contribution in [2.75, 3.05) is 19.5 Å². The Morgan fingerprint density at radius 1 is 1.04 bits per heavy atom. The Morgan fingerprint density at radius 3 is 2.37 bits per heavy atom. The summed E-state index contributed by atoms with van der Waals surface area (Å²) in [4.78, 5) is 35.1. The van der Waals surface area contributed by atoms with Gasteiger partial charge in [-0.2, -0.15) is 5.10 Å². The van der Waals surface area contributed by atoms with Crippen LogP contribution in [0.1, 0.15) is 15.9 Å². The van der Waals surface area contributed by atoms with E-state index in [4.69, 9.17) is 16.3 Å². The molecule has 0 aliphatic carbocycles. The van der Waals surface area contributed by atoms with Crippen LogP contribution in [-0.4, -0.2) is 38.2 Å². The first-order valence-corrected chi connectivity index (χ1v) is 7.98. The highest BCUT2D eigenvalue weighted by Crippen LogP contribution is 2.27. The van der Waals surface area contributed by atoms with E-state index in [0.29, 0.717) is 21.9 Å². The minimum Gasteiger partial charge on any atom is -0.495 e. The van der Waals surface area contributed by atoms with E-state index in [-0.39, 0.29) is 5.69 Å². The maximum absolute atomic E-state index is 11.9. The van der Waals surface area contributed by atoms with Gasteiger partial charge in [-0.15, -0.1) is 0 Å². The lowest BCUT2D eigenvalue weighted by molar-refractivity contribution is -0.136. The van der Waals surface area contributed by atoms with Gasteiger partial charge >= 0.3 is 17.8 Å². The van der Waals surface area contributed by atoms with Crippen LogP contribution < -0.4 is 15.5 Å². The zero-order chi connectivity index (χ0) is 19.8. The summed E-state index contributed by atoms with van der Waals surface area (Å²) in [7, 11) is 2.71. The van der Waals surface area contributed by atoms with Gasteiger partial charge in [0.05, 0.1) is 31.7 Å². The van der Waals surface area contributed by atoms with Crippen molar-refractivity contribution in [2.24, 2.45) is 5.10 Å². The summed E-state index contributed by atoms with van der Waals surface area (Å²) in [6, 6.07) is 10.9. The smallest absolute Gasteiger partial charge is 0.337 e. The van der Waals surface area contributed by atoms with Crippen molar-refractivity contribution in [3.8, 4) is 5.75 Å². The van der Waals surface area contributed by atoms with E-state index in [1.807, 2.05) is 0 Å². The molecule has 0 saturated carbocycles. The second-order valence-electron chi connectivity index (χ2n) is 5.11. The van der Waals surface area contributed by atoms with Crippen LogP contribution in [0.2, 0.25) is 5.02 Å². The molecule has 9 heteroatoms. The summed E-state index contributed by atoms with van der Waals surface area (Å²) < 4.78 is 9.68. The molecule has 0 atom stereocenters. The summed E-state index contributed by atoms with van der Waals surface area (Å²) >= 11 is 5.87. The van der Waals surface area contributed by atoms with Crippen LogP contribution in [0.25, 0.3) is 0 Å². The molecule has 0 aromatic heterocycles. The largest absolute Gasteiger partial charge is 0.495 e. The normalized spacial score (nSPS) is 10.3. The molecule has 2 aromatic rings. The van der Waals surface area contributed by atoms with Gasteiger partial charge in [-0.25, -0.2) is 10.2 Å². The number of ether oxygens (including phenoxy) is 2. The topological polar surface area (TPSA) is 106 Å². The minimum atomic E-state index is -0.973. The number of carbonyl (C=O) groups is 3. The third-order valence-corrected chi connectivity index (χ3v) is 3.56. The Kier molecular flexibility index (Phi) is 6.90. The summed E-state index contributed by atoms with van der Waals surface area (Å²) in [5.74, 6) is -2.01. The molecule has 0 aliphatic heterocycles. The van der Waals surface area contributed by atoms with E-state index < -0.39 is 17.8 Å². The van der Waals surface area contributed by atoms with Crippen molar-refractivity contribution in [3.05, 3.63) is 58.6 Å². The number of benzene rings is 2. The predicted molar refractivity (Wildman–Crippen MR) is 100 cm³/mol. The van der Waals surface area contributed by atoms with E-state index in [1.54, 1.807) is 36.4 Å². The Hall–Kier alpha value is -3.39. The molecule has 0 spiro atoms. The molecular formula is C18H16ClN3O5. The van der Waals surface area contributed by atoms with Crippen molar-refractivity contribution in [2.45, 2.75) is 0 Å². The lowest BCUT2D eigenvalue weighted by Gasteiger charge is -2.09. The van der Waals surface area contributed by atoms with Gasteiger partial charge in [-0.1, -0.05) is 23.7 Å². The number of amides is 2. The second kappa shape index (κ2) is 9.35.